The van der Waals surface area contributed by atoms with E-state index in [9.17, 15) is 0 Å². The zero-order chi connectivity index (χ0) is 13.0. The van der Waals surface area contributed by atoms with Gasteiger partial charge < -0.3 is 10.6 Å². The molecule has 17 heavy (non-hydrogen) atoms. The first-order valence-electron chi connectivity index (χ1n) is 6.26. The van der Waals surface area contributed by atoms with Crippen molar-refractivity contribution in [3.63, 3.8) is 0 Å². The summed E-state index contributed by atoms with van der Waals surface area (Å²) in [5, 5.41) is 0. The first kappa shape index (κ1) is 14.5. The van der Waals surface area contributed by atoms with Crippen LogP contribution in [-0.2, 0) is 6.42 Å². The number of nitrogens with zero attached hydrogens (tertiary/aromatic N) is 1. The first-order chi connectivity index (χ1) is 7.95. The molecule has 0 aromatic heterocycles. The fourth-order valence-electron chi connectivity index (χ4n) is 2.07. The molecule has 0 aliphatic carbocycles. The molecule has 1 unspecified atom stereocenters. The molecule has 0 spiro atoms. The Bertz CT molecular complexity index is 361. The van der Waals surface area contributed by atoms with E-state index in [0.717, 1.165) is 17.4 Å². The van der Waals surface area contributed by atoms with Crippen LogP contribution in [0.15, 0.2) is 22.7 Å². The average molecular weight is 299 g/mol. The molecule has 1 atom stereocenters. The van der Waals surface area contributed by atoms with Crippen molar-refractivity contribution in [3.05, 3.63) is 28.2 Å². The third kappa shape index (κ3) is 4.00. The molecule has 0 saturated heterocycles. The normalized spacial score (nSPS) is 12.9. The van der Waals surface area contributed by atoms with Crippen LogP contribution in [0.1, 0.15) is 33.3 Å². The number of halogens is 1. The lowest BCUT2D eigenvalue weighted by Crippen LogP contribution is -2.30. The van der Waals surface area contributed by atoms with Crippen LogP contribution < -0.4 is 10.6 Å². The molecule has 96 valence electrons. The Balaban J connectivity index is 2.95. The quantitative estimate of drug-likeness (QED) is 0.900. The van der Waals surface area contributed by atoms with Gasteiger partial charge in [-0.05, 0) is 51.8 Å². The second kappa shape index (κ2) is 6.41. The topological polar surface area (TPSA) is 29.3 Å². The van der Waals surface area contributed by atoms with E-state index in [0.29, 0.717) is 6.04 Å². The molecule has 0 bridgehead atoms. The van der Waals surface area contributed by atoms with Crippen molar-refractivity contribution < 1.29 is 0 Å². The maximum Gasteiger partial charge on any atom is 0.0379 e. The molecule has 0 saturated carbocycles. The van der Waals surface area contributed by atoms with Crippen LogP contribution in [0.2, 0.25) is 0 Å². The second-order valence-electron chi connectivity index (χ2n) is 4.84. The highest BCUT2D eigenvalue weighted by Crippen LogP contribution is 2.26. The zero-order valence-electron chi connectivity index (χ0n) is 11.2. The summed E-state index contributed by atoms with van der Waals surface area (Å²) in [4.78, 5) is 2.38. The van der Waals surface area contributed by atoms with Gasteiger partial charge in [0.05, 0.1) is 0 Å². The van der Waals surface area contributed by atoms with Crippen LogP contribution in [0.4, 0.5) is 5.69 Å². The van der Waals surface area contributed by atoms with Gasteiger partial charge in [-0.15, -0.1) is 0 Å². The summed E-state index contributed by atoms with van der Waals surface area (Å²) >= 11 is 3.64. The number of nitrogens with two attached hydrogens (primary N) is 1. The molecule has 0 radical (unpaired) electrons. The van der Waals surface area contributed by atoms with Crippen LogP contribution in [-0.4, -0.2) is 18.6 Å². The van der Waals surface area contributed by atoms with E-state index in [1.807, 2.05) is 6.92 Å². The number of hydrogen-bond acceptors (Lipinski definition) is 2. The van der Waals surface area contributed by atoms with Crippen LogP contribution >= 0.6 is 15.9 Å². The molecule has 0 aliphatic heterocycles. The van der Waals surface area contributed by atoms with Crippen molar-refractivity contribution in [1.29, 1.82) is 0 Å². The lowest BCUT2D eigenvalue weighted by Gasteiger charge is -2.28. The highest BCUT2D eigenvalue weighted by Gasteiger charge is 2.10. The summed E-state index contributed by atoms with van der Waals surface area (Å²) < 4.78 is 1.16. The molecule has 0 fully saturated rings. The van der Waals surface area contributed by atoms with Gasteiger partial charge in [0.25, 0.3) is 0 Å². The maximum atomic E-state index is 5.83. The Morgan fingerprint density at radius 2 is 1.94 bits per heavy atom. The van der Waals surface area contributed by atoms with Crippen LogP contribution in [0, 0.1) is 0 Å². The van der Waals surface area contributed by atoms with Gasteiger partial charge in [0.1, 0.15) is 0 Å². The number of hydrogen-bond donors (Lipinski definition) is 1. The van der Waals surface area contributed by atoms with E-state index < -0.39 is 0 Å². The zero-order valence-corrected chi connectivity index (χ0v) is 12.8. The first-order valence-corrected chi connectivity index (χ1v) is 7.05. The van der Waals surface area contributed by atoms with Crippen molar-refractivity contribution in [2.24, 2.45) is 5.73 Å². The monoisotopic (exact) mass is 298 g/mol. The molecule has 1 aromatic carbocycles. The Morgan fingerprint density at radius 1 is 1.29 bits per heavy atom. The molecular formula is C14H23BrN2. The van der Waals surface area contributed by atoms with Crippen molar-refractivity contribution in [3.8, 4) is 0 Å². The summed E-state index contributed by atoms with van der Waals surface area (Å²) in [6.45, 7) is 9.67. The maximum absolute atomic E-state index is 5.83. The predicted molar refractivity (Wildman–Crippen MR) is 79.7 cm³/mol. The van der Waals surface area contributed by atoms with Gasteiger partial charge >= 0.3 is 0 Å². The van der Waals surface area contributed by atoms with Gasteiger partial charge in [-0.2, -0.15) is 0 Å². The van der Waals surface area contributed by atoms with Crippen molar-refractivity contribution in [2.75, 3.05) is 11.4 Å². The molecule has 0 heterocycles. The molecule has 3 heteroatoms. The molecule has 1 aromatic rings. The Morgan fingerprint density at radius 3 is 2.35 bits per heavy atom. The summed E-state index contributed by atoms with van der Waals surface area (Å²) in [5.74, 6) is 0. The van der Waals surface area contributed by atoms with Gasteiger partial charge in [-0.1, -0.05) is 22.0 Å². The number of anilines is 1. The smallest absolute Gasteiger partial charge is 0.0379 e. The van der Waals surface area contributed by atoms with E-state index in [2.05, 4.69) is 59.8 Å². The fraction of sp³-hybridized carbons (Fsp3) is 0.571. The number of rotatable bonds is 5. The third-order valence-corrected chi connectivity index (χ3v) is 3.61. The predicted octanol–water partition coefficient (Wildman–Crippen LogP) is 3.57. The highest BCUT2D eigenvalue weighted by atomic mass is 79.9. The van der Waals surface area contributed by atoms with E-state index in [1.54, 1.807) is 0 Å². The summed E-state index contributed by atoms with van der Waals surface area (Å²) in [7, 11) is 0. The van der Waals surface area contributed by atoms with Crippen LogP contribution in [0.3, 0.4) is 0 Å². The third-order valence-electron chi connectivity index (χ3n) is 2.87. The van der Waals surface area contributed by atoms with E-state index in [-0.39, 0.29) is 6.04 Å². The Hall–Kier alpha value is -0.540. The van der Waals surface area contributed by atoms with Crippen molar-refractivity contribution in [1.82, 2.24) is 0 Å². The summed E-state index contributed by atoms with van der Waals surface area (Å²) in [6.07, 6.45) is 0.911. The summed E-state index contributed by atoms with van der Waals surface area (Å²) in [6, 6.07) is 7.27. The highest BCUT2D eigenvalue weighted by molar-refractivity contribution is 9.10. The fourth-order valence-corrected chi connectivity index (χ4v) is 2.60. The Kier molecular flexibility index (Phi) is 5.47. The minimum Gasteiger partial charge on any atom is -0.369 e. The molecule has 1 rings (SSSR count). The average Bonchev–Trinajstić information content (AvgIpc) is 2.22. The van der Waals surface area contributed by atoms with Gasteiger partial charge in [0, 0.05) is 28.8 Å². The second-order valence-corrected chi connectivity index (χ2v) is 5.69. The standard InChI is InChI=1S/C14H23BrN2/c1-5-17(10(2)3)13-7-6-12(8-11(4)16)14(15)9-13/h6-7,9-11H,5,8,16H2,1-4H3. The minimum absolute atomic E-state index is 0.199. The van der Waals surface area contributed by atoms with Gasteiger partial charge in [-0.3, -0.25) is 0 Å². The van der Waals surface area contributed by atoms with Crippen molar-refractivity contribution in [2.45, 2.75) is 46.2 Å². The molecule has 2 nitrogen and oxygen atoms in total. The van der Waals surface area contributed by atoms with Gasteiger partial charge in [0.2, 0.25) is 0 Å². The minimum atomic E-state index is 0.199. The molecule has 0 aliphatic rings. The van der Waals surface area contributed by atoms with Gasteiger partial charge in [-0.25, -0.2) is 0 Å². The molecular weight excluding hydrogens is 276 g/mol. The van der Waals surface area contributed by atoms with E-state index in [4.69, 9.17) is 5.73 Å². The molecule has 2 N–H and O–H groups in total. The van der Waals surface area contributed by atoms with E-state index >= 15 is 0 Å². The van der Waals surface area contributed by atoms with E-state index in [1.165, 1.54) is 11.3 Å². The molecule has 0 amide bonds. The van der Waals surface area contributed by atoms with Crippen LogP contribution in [0.5, 0.6) is 0 Å². The van der Waals surface area contributed by atoms with Crippen molar-refractivity contribution >= 4 is 21.6 Å². The lowest BCUT2D eigenvalue weighted by molar-refractivity contribution is 0.702. The Labute approximate surface area is 113 Å². The largest absolute Gasteiger partial charge is 0.369 e. The van der Waals surface area contributed by atoms with Crippen LogP contribution in [0.25, 0.3) is 0 Å². The lowest BCUT2D eigenvalue weighted by atomic mass is 10.1. The number of benzene rings is 1. The SMILES string of the molecule is CCN(c1ccc(CC(C)N)c(Br)c1)C(C)C. The van der Waals surface area contributed by atoms with Gasteiger partial charge in [0.15, 0.2) is 0 Å². The summed E-state index contributed by atoms with van der Waals surface area (Å²) in [5.41, 5.74) is 8.38.